The number of allylic oxidation sites excluding steroid dienone is 4. The van der Waals surface area contributed by atoms with Crippen molar-refractivity contribution in [1.29, 1.82) is 0 Å². The van der Waals surface area contributed by atoms with Gasteiger partial charge in [-0.15, -0.1) is 0 Å². The number of amides is 2. The van der Waals surface area contributed by atoms with Gasteiger partial charge in [-0.2, -0.15) is 0 Å². The molecular weight excluding hydrogens is 492 g/mol. The molecule has 1 N–H and O–H groups in total. The molecule has 4 rings (SSSR count). The fourth-order valence-corrected chi connectivity index (χ4v) is 5.41. The van der Waals surface area contributed by atoms with E-state index in [0.717, 1.165) is 48.1 Å². The molecule has 0 saturated carbocycles. The topological polar surface area (TPSA) is 79.3 Å². The summed E-state index contributed by atoms with van der Waals surface area (Å²) in [4.78, 5) is 28.5. The van der Waals surface area contributed by atoms with Crippen molar-refractivity contribution >= 4 is 17.6 Å². The Hall–Kier alpha value is -3.06. The zero-order valence-corrected chi connectivity index (χ0v) is 24.0. The molecular formula is C32H44N2O5. The minimum Gasteiger partial charge on any atom is -0.487 e. The summed E-state index contributed by atoms with van der Waals surface area (Å²) >= 11 is 0. The van der Waals surface area contributed by atoms with Gasteiger partial charge in [0.2, 0.25) is 5.91 Å². The van der Waals surface area contributed by atoms with E-state index in [1.54, 1.807) is 9.80 Å². The molecule has 3 aliphatic heterocycles. The summed E-state index contributed by atoms with van der Waals surface area (Å²) in [6.07, 6.45) is 9.65. The monoisotopic (exact) mass is 536 g/mol. The van der Waals surface area contributed by atoms with Crippen molar-refractivity contribution < 1.29 is 24.2 Å². The molecule has 0 aromatic heterocycles. The van der Waals surface area contributed by atoms with Crippen LogP contribution in [-0.4, -0.2) is 71.4 Å². The quantitative estimate of drug-likeness (QED) is 0.484. The molecule has 3 heterocycles. The Morgan fingerprint density at radius 2 is 1.90 bits per heavy atom. The number of aliphatic hydroxyl groups is 1. The maximum absolute atomic E-state index is 12.5. The van der Waals surface area contributed by atoms with Crippen LogP contribution in [0.5, 0.6) is 5.75 Å². The highest BCUT2D eigenvalue weighted by atomic mass is 16.6. The Morgan fingerprint density at radius 3 is 2.54 bits per heavy atom. The Morgan fingerprint density at radius 1 is 1.15 bits per heavy atom. The number of carbonyl (C=O) groups is 2. The summed E-state index contributed by atoms with van der Waals surface area (Å²) in [7, 11) is 0. The zero-order chi connectivity index (χ0) is 28.2. The number of rotatable bonds is 6. The maximum atomic E-state index is 12.5. The zero-order valence-electron chi connectivity index (χ0n) is 24.0. The van der Waals surface area contributed by atoms with E-state index < -0.39 is 6.10 Å². The van der Waals surface area contributed by atoms with Crippen LogP contribution < -0.4 is 4.74 Å². The average molecular weight is 537 g/mol. The van der Waals surface area contributed by atoms with E-state index in [9.17, 15) is 14.7 Å². The Labute approximate surface area is 233 Å². The highest BCUT2D eigenvalue weighted by Gasteiger charge is 2.41. The number of nitrogens with zero attached hydrogens (tertiary/aromatic N) is 2. The number of piperidine rings is 1. The molecule has 0 unspecified atom stereocenters. The summed E-state index contributed by atoms with van der Waals surface area (Å²) in [6.45, 7) is 14.9. The highest BCUT2D eigenvalue weighted by molar-refractivity contribution is 5.80. The smallest absolute Gasteiger partial charge is 0.409 e. The van der Waals surface area contributed by atoms with Gasteiger partial charge in [-0.05, 0) is 60.4 Å². The van der Waals surface area contributed by atoms with Gasteiger partial charge in [-0.1, -0.05) is 57.2 Å². The lowest BCUT2D eigenvalue weighted by Gasteiger charge is -2.44. The van der Waals surface area contributed by atoms with Gasteiger partial charge in [-0.25, -0.2) is 4.79 Å². The van der Waals surface area contributed by atoms with Crippen molar-refractivity contribution in [2.45, 2.75) is 77.9 Å². The fraction of sp³-hybridized carbons (Fsp3) is 0.562. The van der Waals surface area contributed by atoms with Crippen LogP contribution in [-0.2, 0) is 16.0 Å². The number of hydrogen-bond acceptors (Lipinski definition) is 5. The molecule has 7 heteroatoms. The predicted molar refractivity (Wildman–Crippen MR) is 153 cm³/mol. The SMILES string of the molecule is C=C/C(=C\C=C(/C)CC(=O)N1CC[C@H](O)C1)c1ccc2c(c1)CCC1(CCN(C(=O)OCC(C)(C)C)CC1)O2. The molecule has 1 aromatic carbocycles. The lowest BCUT2D eigenvalue weighted by Crippen LogP contribution is -2.51. The van der Waals surface area contributed by atoms with Crippen LogP contribution in [0.15, 0.2) is 48.6 Å². The van der Waals surface area contributed by atoms with Gasteiger partial charge in [0, 0.05) is 45.4 Å². The summed E-state index contributed by atoms with van der Waals surface area (Å²) in [5, 5.41) is 9.69. The van der Waals surface area contributed by atoms with Crippen molar-refractivity contribution in [3.8, 4) is 5.75 Å². The molecule has 0 bridgehead atoms. The minimum absolute atomic E-state index is 0.0465. The summed E-state index contributed by atoms with van der Waals surface area (Å²) < 4.78 is 12.1. The maximum Gasteiger partial charge on any atom is 0.409 e. The molecule has 1 atom stereocenters. The van der Waals surface area contributed by atoms with Crippen LogP contribution in [0.2, 0.25) is 0 Å². The van der Waals surface area contributed by atoms with Gasteiger partial charge in [0.05, 0.1) is 12.7 Å². The van der Waals surface area contributed by atoms with E-state index in [4.69, 9.17) is 9.47 Å². The normalized spacial score (nSPS) is 21.4. The Kier molecular flexibility index (Phi) is 8.90. The van der Waals surface area contributed by atoms with Gasteiger partial charge in [-0.3, -0.25) is 4.79 Å². The summed E-state index contributed by atoms with van der Waals surface area (Å²) in [5.74, 6) is 0.976. The van der Waals surface area contributed by atoms with E-state index >= 15 is 0 Å². The molecule has 1 aromatic rings. The number of aliphatic hydroxyl groups excluding tert-OH is 1. The van der Waals surface area contributed by atoms with Crippen LogP contribution in [0, 0.1) is 5.41 Å². The van der Waals surface area contributed by atoms with Crippen molar-refractivity contribution in [2.24, 2.45) is 5.41 Å². The van der Waals surface area contributed by atoms with E-state index in [2.05, 4.69) is 39.5 Å². The van der Waals surface area contributed by atoms with Crippen LogP contribution in [0.3, 0.4) is 0 Å². The number of likely N-dealkylation sites (tertiary alicyclic amines) is 2. The average Bonchev–Trinajstić information content (AvgIpc) is 3.34. The molecule has 0 radical (unpaired) electrons. The third-order valence-electron chi connectivity index (χ3n) is 7.85. The van der Waals surface area contributed by atoms with Crippen molar-refractivity contribution in [3.05, 3.63) is 59.7 Å². The molecule has 7 nitrogen and oxygen atoms in total. The van der Waals surface area contributed by atoms with Gasteiger partial charge in [0.25, 0.3) is 0 Å². The number of fused-ring (bicyclic) bond motifs is 1. The standard InChI is InChI=1S/C32H44N2O5/c1-6-24(8-7-23(2)19-29(36)34-16-12-27(35)21-34)25-9-10-28-26(20-25)11-13-32(39-28)14-17-33(18-15-32)30(37)38-22-31(3,4)5/h6-10,20,27,35H,1,11-19,21-22H2,2-5H3/b23-7+,24-8+/t27-/m0/s1. The van der Waals surface area contributed by atoms with Crippen LogP contribution in [0.25, 0.3) is 5.57 Å². The molecule has 3 aliphatic rings. The van der Waals surface area contributed by atoms with E-state index in [1.165, 1.54) is 5.56 Å². The second-order valence-electron chi connectivity index (χ2n) is 12.5. The molecule has 2 saturated heterocycles. The molecule has 1 spiro atoms. The minimum atomic E-state index is -0.400. The summed E-state index contributed by atoms with van der Waals surface area (Å²) in [5.41, 5.74) is 3.93. The first kappa shape index (κ1) is 28.9. The van der Waals surface area contributed by atoms with Crippen molar-refractivity contribution in [2.75, 3.05) is 32.8 Å². The molecule has 2 amide bonds. The van der Waals surface area contributed by atoms with E-state index in [0.29, 0.717) is 45.6 Å². The molecule has 0 aliphatic carbocycles. The number of β-amino-alcohol motifs (C(OH)–C–C–N with tert-alkyl or cyclic N) is 1. The molecule has 39 heavy (non-hydrogen) atoms. The Bertz CT molecular complexity index is 1140. The van der Waals surface area contributed by atoms with Crippen LogP contribution >= 0.6 is 0 Å². The third kappa shape index (κ3) is 7.53. The van der Waals surface area contributed by atoms with E-state index in [1.807, 2.05) is 31.2 Å². The highest BCUT2D eigenvalue weighted by Crippen LogP contribution is 2.40. The second-order valence-corrected chi connectivity index (χ2v) is 12.5. The number of benzene rings is 1. The molecule has 2 fully saturated rings. The lowest BCUT2D eigenvalue weighted by atomic mass is 9.82. The number of aryl methyl sites for hydroxylation is 1. The van der Waals surface area contributed by atoms with Gasteiger partial charge < -0.3 is 24.4 Å². The van der Waals surface area contributed by atoms with Crippen molar-refractivity contribution in [1.82, 2.24) is 9.80 Å². The number of carbonyl (C=O) groups excluding carboxylic acids is 2. The Balaban J connectivity index is 1.35. The predicted octanol–water partition coefficient (Wildman–Crippen LogP) is 5.53. The first-order valence-corrected chi connectivity index (χ1v) is 14.2. The van der Waals surface area contributed by atoms with E-state index in [-0.39, 0.29) is 23.0 Å². The van der Waals surface area contributed by atoms with Crippen molar-refractivity contribution in [3.63, 3.8) is 0 Å². The first-order chi connectivity index (χ1) is 18.5. The largest absolute Gasteiger partial charge is 0.487 e. The first-order valence-electron chi connectivity index (χ1n) is 14.2. The van der Waals surface area contributed by atoms with Crippen LogP contribution in [0.1, 0.15) is 70.9 Å². The summed E-state index contributed by atoms with van der Waals surface area (Å²) in [6, 6.07) is 6.28. The van der Waals surface area contributed by atoms with Crippen LogP contribution in [0.4, 0.5) is 4.79 Å². The van der Waals surface area contributed by atoms with Gasteiger partial charge >= 0.3 is 6.09 Å². The molecule has 212 valence electrons. The fourth-order valence-electron chi connectivity index (χ4n) is 5.41. The second kappa shape index (κ2) is 12.0. The number of ether oxygens (including phenoxy) is 2. The lowest BCUT2D eigenvalue weighted by molar-refractivity contribution is -0.129. The number of hydrogen-bond donors (Lipinski definition) is 1. The van der Waals surface area contributed by atoms with Gasteiger partial charge in [0.1, 0.15) is 11.4 Å². The van der Waals surface area contributed by atoms with Gasteiger partial charge in [0.15, 0.2) is 0 Å². The third-order valence-corrected chi connectivity index (χ3v) is 7.85.